The second-order valence-corrected chi connectivity index (χ2v) is 8.45. The molecule has 1 amide bonds. The van der Waals surface area contributed by atoms with Crippen molar-refractivity contribution in [3.8, 4) is 0 Å². The molecule has 1 aromatic heterocycles. The molecule has 26 heavy (non-hydrogen) atoms. The molecule has 1 aliphatic carbocycles. The van der Waals surface area contributed by atoms with E-state index < -0.39 is 5.97 Å². The first kappa shape index (κ1) is 18.9. The van der Waals surface area contributed by atoms with E-state index in [9.17, 15) is 14.7 Å². The molecule has 5 nitrogen and oxygen atoms in total. The monoisotopic (exact) mass is 434 g/mol. The van der Waals surface area contributed by atoms with Crippen LogP contribution in [-0.2, 0) is 0 Å². The normalized spacial score (nSPS) is 14.8. The van der Waals surface area contributed by atoms with Gasteiger partial charge in [0, 0.05) is 15.9 Å². The van der Waals surface area contributed by atoms with E-state index in [4.69, 9.17) is 0 Å². The molecule has 136 valence electrons. The summed E-state index contributed by atoms with van der Waals surface area (Å²) in [5.41, 5.74) is 0.689. The van der Waals surface area contributed by atoms with Gasteiger partial charge in [0.05, 0.1) is 21.8 Å². The highest BCUT2D eigenvalue weighted by Gasteiger charge is 2.17. The lowest BCUT2D eigenvalue weighted by molar-refractivity contribution is 0.0698. The van der Waals surface area contributed by atoms with Crippen molar-refractivity contribution < 1.29 is 14.7 Å². The van der Waals surface area contributed by atoms with E-state index in [0.29, 0.717) is 15.3 Å². The molecule has 0 unspecified atom stereocenters. The number of rotatable bonds is 5. The molecule has 1 aromatic carbocycles. The molecule has 0 bridgehead atoms. The van der Waals surface area contributed by atoms with Crippen molar-refractivity contribution in [1.29, 1.82) is 0 Å². The van der Waals surface area contributed by atoms with Crippen molar-refractivity contribution in [3.05, 3.63) is 52.1 Å². The van der Waals surface area contributed by atoms with Gasteiger partial charge in [-0.25, -0.2) is 9.78 Å². The van der Waals surface area contributed by atoms with E-state index in [1.54, 1.807) is 36.2 Å². The van der Waals surface area contributed by atoms with E-state index in [1.807, 2.05) is 6.07 Å². The first-order valence-electron chi connectivity index (χ1n) is 8.50. The van der Waals surface area contributed by atoms with Gasteiger partial charge in [0.1, 0.15) is 0 Å². The average molecular weight is 435 g/mol. The van der Waals surface area contributed by atoms with Crippen molar-refractivity contribution >= 4 is 45.3 Å². The number of anilines is 1. The zero-order chi connectivity index (χ0) is 18.5. The Balaban J connectivity index is 1.67. The summed E-state index contributed by atoms with van der Waals surface area (Å²) in [6.45, 7) is 0. The molecule has 1 heterocycles. The molecular weight excluding hydrogens is 416 g/mol. The number of hydrogen-bond acceptors (Lipinski definition) is 4. The minimum Gasteiger partial charge on any atom is -0.478 e. The number of benzene rings is 1. The first-order chi connectivity index (χ1) is 12.5. The maximum absolute atomic E-state index is 12.4. The maximum Gasteiger partial charge on any atom is 0.337 e. The van der Waals surface area contributed by atoms with Crippen molar-refractivity contribution in [2.75, 3.05) is 5.32 Å². The number of carbonyl (C=O) groups excluding carboxylic acids is 1. The van der Waals surface area contributed by atoms with Crippen LogP contribution in [-0.4, -0.2) is 27.2 Å². The number of pyridine rings is 1. The fraction of sp³-hybridized carbons (Fsp3) is 0.316. The van der Waals surface area contributed by atoms with Crippen LogP contribution in [0.1, 0.15) is 52.8 Å². The molecule has 0 aliphatic heterocycles. The number of nitrogens with one attached hydrogen (secondary N) is 1. The smallest absolute Gasteiger partial charge is 0.337 e. The van der Waals surface area contributed by atoms with Crippen LogP contribution in [0.15, 0.2) is 46.0 Å². The average Bonchev–Trinajstić information content (AvgIpc) is 2.64. The SMILES string of the molecule is O=C(Nc1ccc(Br)cc1C(=O)O)c1ccc(SC2CCCCC2)nc1. The topological polar surface area (TPSA) is 79.3 Å². The molecule has 1 aliphatic rings. The lowest BCUT2D eigenvalue weighted by Gasteiger charge is -2.20. The number of thioether (sulfide) groups is 1. The second-order valence-electron chi connectivity index (χ2n) is 6.21. The van der Waals surface area contributed by atoms with E-state index in [-0.39, 0.29) is 17.2 Å². The summed E-state index contributed by atoms with van der Waals surface area (Å²) in [6, 6.07) is 8.29. The highest BCUT2D eigenvalue weighted by Crippen LogP contribution is 2.32. The number of amides is 1. The quantitative estimate of drug-likeness (QED) is 0.673. The fourth-order valence-electron chi connectivity index (χ4n) is 2.93. The summed E-state index contributed by atoms with van der Waals surface area (Å²) in [5.74, 6) is -1.48. The van der Waals surface area contributed by atoms with Crippen LogP contribution in [0.3, 0.4) is 0 Å². The van der Waals surface area contributed by atoms with Crippen molar-refractivity contribution in [3.63, 3.8) is 0 Å². The highest BCUT2D eigenvalue weighted by atomic mass is 79.9. The minimum absolute atomic E-state index is 0.0326. The van der Waals surface area contributed by atoms with Gasteiger partial charge in [-0.3, -0.25) is 4.79 Å². The molecule has 3 rings (SSSR count). The van der Waals surface area contributed by atoms with E-state index in [2.05, 4.69) is 26.2 Å². The van der Waals surface area contributed by atoms with Crippen LogP contribution >= 0.6 is 27.7 Å². The summed E-state index contributed by atoms with van der Waals surface area (Å²) in [6.07, 6.45) is 7.85. The number of aromatic nitrogens is 1. The lowest BCUT2D eigenvalue weighted by atomic mass is 10.0. The third-order valence-corrected chi connectivity index (χ3v) is 6.08. The molecule has 1 saturated carbocycles. The number of carboxylic acids is 1. The summed E-state index contributed by atoms with van der Waals surface area (Å²) in [5, 5.41) is 13.5. The summed E-state index contributed by atoms with van der Waals surface area (Å²) in [7, 11) is 0. The predicted molar refractivity (Wildman–Crippen MR) is 106 cm³/mol. The highest BCUT2D eigenvalue weighted by molar-refractivity contribution is 9.10. The molecule has 0 saturated heterocycles. The summed E-state index contributed by atoms with van der Waals surface area (Å²) < 4.78 is 0.638. The first-order valence-corrected chi connectivity index (χ1v) is 10.2. The molecule has 2 N–H and O–H groups in total. The summed E-state index contributed by atoms with van der Waals surface area (Å²) in [4.78, 5) is 28.1. The van der Waals surface area contributed by atoms with Gasteiger partial charge in [-0.2, -0.15) is 0 Å². The summed E-state index contributed by atoms with van der Waals surface area (Å²) >= 11 is 5.01. The van der Waals surface area contributed by atoms with Gasteiger partial charge in [0.2, 0.25) is 0 Å². The third kappa shape index (κ3) is 4.86. The van der Waals surface area contributed by atoms with E-state index in [1.165, 1.54) is 38.2 Å². The van der Waals surface area contributed by atoms with E-state index >= 15 is 0 Å². The van der Waals surface area contributed by atoms with E-state index in [0.717, 1.165) is 5.03 Å². The number of carbonyl (C=O) groups is 2. The number of carboxylic acid groups (broad SMARTS) is 1. The number of aromatic carboxylic acids is 1. The Bertz CT molecular complexity index is 805. The molecule has 0 atom stereocenters. The van der Waals surface area contributed by atoms with Gasteiger partial charge >= 0.3 is 5.97 Å². The van der Waals surface area contributed by atoms with Gasteiger partial charge in [0.15, 0.2) is 0 Å². The molecule has 7 heteroatoms. The molecule has 2 aromatic rings. The van der Waals surface area contributed by atoms with Gasteiger partial charge < -0.3 is 10.4 Å². The number of nitrogens with zero attached hydrogens (tertiary/aromatic N) is 1. The van der Waals surface area contributed by atoms with Crippen LogP contribution in [0, 0.1) is 0 Å². The van der Waals surface area contributed by atoms with Crippen LogP contribution in [0.4, 0.5) is 5.69 Å². The number of halogens is 1. The Morgan fingerprint density at radius 1 is 1.15 bits per heavy atom. The molecular formula is C19H19BrN2O3S. The maximum atomic E-state index is 12.4. The number of hydrogen-bond donors (Lipinski definition) is 2. The van der Waals surface area contributed by atoms with Crippen molar-refractivity contribution in [2.45, 2.75) is 42.4 Å². The van der Waals surface area contributed by atoms with Crippen LogP contribution in [0.25, 0.3) is 0 Å². The van der Waals surface area contributed by atoms with Crippen LogP contribution in [0.2, 0.25) is 0 Å². The third-order valence-electron chi connectivity index (χ3n) is 4.30. The second kappa shape index (κ2) is 8.68. The zero-order valence-corrected chi connectivity index (χ0v) is 16.5. The van der Waals surface area contributed by atoms with Crippen LogP contribution in [0.5, 0.6) is 0 Å². The van der Waals surface area contributed by atoms with Crippen LogP contribution < -0.4 is 5.32 Å². The van der Waals surface area contributed by atoms with Gasteiger partial charge in [0.25, 0.3) is 5.91 Å². The van der Waals surface area contributed by atoms with Gasteiger partial charge in [-0.05, 0) is 43.2 Å². The Morgan fingerprint density at radius 3 is 2.58 bits per heavy atom. The zero-order valence-electron chi connectivity index (χ0n) is 14.1. The standard InChI is InChI=1S/C19H19BrN2O3S/c20-13-7-8-16(15(10-13)19(24)25)22-18(23)12-6-9-17(21-11-12)26-14-4-2-1-3-5-14/h6-11,14H,1-5H2,(H,22,23)(H,24,25). The Hall–Kier alpha value is -1.86. The lowest BCUT2D eigenvalue weighted by Crippen LogP contribution is -2.15. The van der Waals surface area contributed by atoms with Gasteiger partial charge in [-0.1, -0.05) is 35.2 Å². The molecule has 0 radical (unpaired) electrons. The Kier molecular flexibility index (Phi) is 6.32. The van der Waals surface area contributed by atoms with Crippen molar-refractivity contribution in [2.24, 2.45) is 0 Å². The van der Waals surface area contributed by atoms with Crippen molar-refractivity contribution in [1.82, 2.24) is 4.98 Å². The van der Waals surface area contributed by atoms with Gasteiger partial charge in [-0.15, -0.1) is 11.8 Å². The molecule has 1 fully saturated rings. The largest absolute Gasteiger partial charge is 0.478 e. The Morgan fingerprint density at radius 2 is 1.92 bits per heavy atom. The Labute approximate surface area is 164 Å². The fourth-order valence-corrected chi connectivity index (χ4v) is 4.47. The predicted octanol–water partition coefficient (Wildman–Crippen LogP) is 5.22. The molecule has 0 spiro atoms. The minimum atomic E-state index is -1.10.